The zero-order chi connectivity index (χ0) is 13.8. The Morgan fingerprint density at radius 1 is 1.42 bits per heavy atom. The van der Waals surface area contributed by atoms with Crippen LogP contribution in [0.1, 0.15) is 23.2 Å². The number of likely N-dealkylation sites (N-methyl/N-ethyl adjacent to an activating group) is 1. The van der Waals surface area contributed by atoms with Crippen LogP contribution >= 0.6 is 15.9 Å². The monoisotopic (exact) mass is 324 g/mol. The maximum atomic E-state index is 12.1. The van der Waals surface area contributed by atoms with E-state index in [4.69, 9.17) is 0 Å². The average Bonchev–Trinajstić information content (AvgIpc) is 2.92. The Hall–Kier alpha value is -1.36. The van der Waals surface area contributed by atoms with Gasteiger partial charge in [-0.15, -0.1) is 0 Å². The van der Waals surface area contributed by atoms with E-state index in [1.54, 1.807) is 6.07 Å². The number of aldehydes is 1. The lowest BCUT2D eigenvalue weighted by Gasteiger charge is -2.24. The lowest BCUT2D eigenvalue weighted by atomic mass is 10.2. The highest BCUT2D eigenvalue weighted by atomic mass is 79.9. The van der Waals surface area contributed by atoms with Gasteiger partial charge in [0.1, 0.15) is 0 Å². The molecule has 0 aliphatic carbocycles. The summed E-state index contributed by atoms with van der Waals surface area (Å²) < 4.78 is 0.859. The van der Waals surface area contributed by atoms with Crippen LogP contribution in [0.4, 0.5) is 5.69 Å². The van der Waals surface area contributed by atoms with E-state index in [2.05, 4.69) is 15.9 Å². The molecule has 0 unspecified atom stereocenters. The summed E-state index contributed by atoms with van der Waals surface area (Å²) in [6.07, 6.45) is 3.00. The highest BCUT2D eigenvalue weighted by molar-refractivity contribution is 9.10. The summed E-state index contributed by atoms with van der Waals surface area (Å²) in [5.41, 5.74) is 1.37. The van der Waals surface area contributed by atoms with Crippen molar-refractivity contribution in [2.75, 3.05) is 31.6 Å². The quantitative estimate of drug-likeness (QED) is 0.798. The van der Waals surface area contributed by atoms with Crippen LogP contribution in [0.2, 0.25) is 0 Å². The second kappa shape index (κ2) is 6.19. The molecule has 0 spiro atoms. The maximum absolute atomic E-state index is 12.1. The van der Waals surface area contributed by atoms with Gasteiger partial charge in [-0.2, -0.15) is 0 Å². The van der Waals surface area contributed by atoms with Gasteiger partial charge in [0.25, 0.3) is 0 Å². The normalized spacial score (nSPS) is 14.5. The van der Waals surface area contributed by atoms with Crippen molar-refractivity contribution in [2.24, 2.45) is 0 Å². The zero-order valence-electron chi connectivity index (χ0n) is 10.9. The second-order valence-corrected chi connectivity index (χ2v) is 5.68. The average molecular weight is 325 g/mol. The number of hydrogen-bond donors (Lipinski definition) is 0. The minimum absolute atomic E-state index is 0.125. The Morgan fingerprint density at radius 2 is 2.11 bits per heavy atom. The molecule has 0 radical (unpaired) electrons. The molecule has 1 saturated heterocycles. The van der Waals surface area contributed by atoms with Gasteiger partial charge < -0.3 is 9.80 Å². The lowest BCUT2D eigenvalue weighted by molar-refractivity contribution is -0.128. The molecule has 1 aliphatic rings. The number of hydrogen-bond acceptors (Lipinski definition) is 3. The first-order valence-corrected chi connectivity index (χ1v) is 7.15. The first-order chi connectivity index (χ1) is 9.11. The number of carbonyl (C=O) groups excluding carboxylic acids is 2. The van der Waals surface area contributed by atoms with Gasteiger partial charge in [-0.1, -0.05) is 15.9 Å². The summed E-state index contributed by atoms with van der Waals surface area (Å²) in [6.45, 7) is 2.02. The van der Waals surface area contributed by atoms with E-state index < -0.39 is 0 Å². The SMILES string of the molecule is CN(CC(=O)N1CCCC1)c1ccc(Br)cc1C=O. The summed E-state index contributed by atoms with van der Waals surface area (Å²) in [4.78, 5) is 26.9. The molecule has 1 aromatic carbocycles. The number of rotatable bonds is 4. The summed E-state index contributed by atoms with van der Waals surface area (Å²) in [6, 6.07) is 5.49. The Bertz CT molecular complexity index is 484. The summed E-state index contributed by atoms with van der Waals surface area (Å²) in [5, 5.41) is 0. The molecule has 1 fully saturated rings. The number of halogens is 1. The van der Waals surface area contributed by atoms with Gasteiger partial charge in [0, 0.05) is 35.9 Å². The molecule has 0 saturated carbocycles. The van der Waals surface area contributed by atoms with E-state index in [1.807, 2.05) is 29.0 Å². The molecule has 1 aliphatic heterocycles. The van der Waals surface area contributed by atoms with E-state index >= 15 is 0 Å². The smallest absolute Gasteiger partial charge is 0.242 e. The third-order valence-corrected chi connectivity index (χ3v) is 3.85. The molecule has 0 N–H and O–H groups in total. The fourth-order valence-electron chi connectivity index (χ4n) is 2.32. The van der Waals surface area contributed by atoms with Crippen LogP contribution in [0, 0.1) is 0 Å². The number of nitrogens with zero attached hydrogens (tertiary/aromatic N) is 2. The van der Waals surface area contributed by atoms with Crippen molar-refractivity contribution in [3.05, 3.63) is 28.2 Å². The molecule has 1 aromatic rings. The van der Waals surface area contributed by atoms with E-state index in [0.29, 0.717) is 12.1 Å². The third-order valence-electron chi connectivity index (χ3n) is 3.36. The molecule has 1 amide bonds. The number of amides is 1. The first kappa shape index (κ1) is 14.1. The zero-order valence-corrected chi connectivity index (χ0v) is 12.5. The Labute approximate surface area is 121 Å². The predicted octanol–water partition coefficient (Wildman–Crippen LogP) is 2.32. The fourth-order valence-corrected chi connectivity index (χ4v) is 2.70. The van der Waals surface area contributed by atoms with Gasteiger partial charge in [0.15, 0.2) is 6.29 Å². The summed E-state index contributed by atoms with van der Waals surface area (Å²) in [5.74, 6) is 0.125. The van der Waals surface area contributed by atoms with Crippen molar-refractivity contribution in [3.63, 3.8) is 0 Å². The number of anilines is 1. The molecule has 0 aromatic heterocycles. The standard InChI is InChI=1S/C14H17BrN2O2/c1-16(9-14(19)17-6-2-3-7-17)13-5-4-12(15)8-11(13)10-18/h4-5,8,10H,2-3,6-7,9H2,1H3. The van der Waals surface area contributed by atoms with Crippen molar-refractivity contribution in [3.8, 4) is 0 Å². The summed E-state index contributed by atoms with van der Waals surface area (Å²) in [7, 11) is 1.84. The number of likely N-dealkylation sites (tertiary alicyclic amines) is 1. The van der Waals surface area contributed by atoms with E-state index in [9.17, 15) is 9.59 Å². The van der Waals surface area contributed by atoms with Crippen LogP contribution in [-0.2, 0) is 4.79 Å². The molecule has 1 heterocycles. The summed E-state index contributed by atoms with van der Waals surface area (Å²) >= 11 is 3.34. The van der Waals surface area contributed by atoms with Crippen LogP contribution in [0.25, 0.3) is 0 Å². The van der Waals surface area contributed by atoms with Gasteiger partial charge in [-0.3, -0.25) is 9.59 Å². The second-order valence-electron chi connectivity index (χ2n) is 4.76. The Balaban J connectivity index is 2.08. The van der Waals surface area contributed by atoms with Gasteiger partial charge in [0.05, 0.1) is 6.54 Å². The maximum Gasteiger partial charge on any atom is 0.242 e. The lowest BCUT2D eigenvalue weighted by Crippen LogP contribution is -2.37. The fraction of sp³-hybridized carbons (Fsp3) is 0.429. The molecule has 19 heavy (non-hydrogen) atoms. The molecule has 0 bridgehead atoms. The van der Waals surface area contributed by atoms with Crippen LogP contribution in [-0.4, -0.2) is 43.8 Å². The van der Waals surface area contributed by atoms with Crippen LogP contribution in [0.3, 0.4) is 0 Å². The molecule has 4 nitrogen and oxygen atoms in total. The highest BCUT2D eigenvalue weighted by Gasteiger charge is 2.20. The van der Waals surface area contributed by atoms with Crippen LogP contribution in [0.15, 0.2) is 22.7 Å². The van der Waals surface area contributed by atoms with Crippen LogP contribution in [0.5, 0.6) is 0 Å². The minimum Gasteiger partial charge on any atom is -0.365 e. The van der Waals surface area contributed by atoms with Gasteiger partial charge in [-0.25, -0.2) is 0 Å². The van der Waals surface area contributed by atoms with E-state index in [-0.39, 0.29) is 5.91 Å². The minimum atomic E-state index is 0.125. The van der Waals surface area contributed by atoms with Crippen molar-refractivity contribution >= 4 is 33.8 Å². The molecule has 0 atom stereocenters. The van der Waals surface area contributed by atoms with Crippen molar-refractivity contribution < 1.29 is 9.59 Å². The Morgan fingerprint density at radius 3 is 2.74 bits per heavy atom. The highest BCUT2D eigenvalue weighted by Crippen LogP contribution is 2.22. The van der Waals surface area contributed by atoms with Crippen molar-refractivity contribution in [1.29, 1.82) is 0 Å². The topological polar surface area (TPSA) is 40.6 Å². The molecule has 5 heteroatoms. The van der Waals surface area contributed by atoms with Crippen LogP contribution < -0.4 is 4.90 Å². The van der Waals surface area contributed by atoms with Gasteiger partial charge >= 0.3 is 0 Å². The largest absolute Gasteiger partial charge is 0.365 e. The molecular weight excluding hydrogens is 308 g/mol. The number of benzene rings is 1. The third kappa shape index (κ3) is 3.35. The van der Waals surface area contributed by atoms with Gasteiger partial charge in [-0.05, 0) is 31.0 Å². The van der Waals surface area contributed by atoms with Gasteiger partial charge in [0.2, 0.25) is 5.91 Å². The first-order valence-electron chi connectivity index (χ1n) is 6.35. The molecular formula is C14H17BrN2O2. The van der Waals surface area contributed by atoms with Crippen molar-refractivity contribution in [1.82, 2.24) is 4.90 Å². The molecule has 102 valence electrons. The molecule has 2 rings (SSSR count). The van der Waals surface area contributed by atoms with E-state index in [0.717, 1.165) is 42.4 Å². The van der Waals surface area contributed by atoms with Crippen molar-refractivity contribution in [2.45, 2.75) is 12.8 Å². The number of carbonyl (C=O) groups is 2. The Kier molecular flexibility index (Phi) is 4.58. The van der Waals surface area contributed by atoms with E-state index in [1.165, 1.54) is 0 Å². The predicted molar refractivity (Wildman–Crippen MR) is 78.6 cm³/mol.